The zero-order chi connectivity index (χ0) is 17.0. The number of rotatable bonds is 4. The zero-order valence-electron chi connectivity index (χ0n) is 12.5. The first-order valence-electron chi connectivity index (χ1n) is 6.80. The second-order valence-electron chi connectivity index (χ2n) is 4.71. The number of halogens is 3. The fraction of sp³-hybridized carbons (Fsp3) is 0.188. The summed E-state index contributed by atoms with van der Waals surface area (Å²) in [6.07, 6.45) is 1.63. The van der Waals surface area contributed by atoms with Crippen LogP contribution in [0.2, 0.25) is 15.2 Å². The highest BCUT2D eigenvalue weighted by Gasteiger charge is 2.14. The van der Waals surface area contributed by atoms with Crippen molar-refractivity contribution in [3.8, 4) is 6.07 Å². The molecule has 0 N–H and O–H groups in total. The van der Waals surface area contributed by atoms with Gasteiger partial charge >= 0.3 is 0 Å². The van der Waals surface area contributed by atoms with Crippen molar-refractivity contribution in [2.75, 3.05) is 11.6 Å². The molecule has 23 heavy (non-hydrogen) atoms. The van der Waals surface area contributed by atoms with Crippen molar-refractivity contribution >= 4 is 46.8 Å². The van der Waals surface area contributed by atoms with E-state index in [-0.39, 0.29) is 0 Å². The van der Waals surface area contributed by atoms with Crippen molar-refractivity contribution in [1.82, 2.24) is 4.98 Å². The molecule has 2 rings (SSSR count). The van der Waals surface area contributed by atoms with Crippen molar-refractivity contribution in [2.45, 2.75) is 13.8 Å². The van der Waals surface area contributed by atoms with Gasteiger partial charge in [0.05, 0.1) is 21.8 Å². The number of hydrogen-bond acceptors (Lipinski definition) is 4. The van der Waals surface area contributed by atoms with E-state index in [4.69, 9.17) is 34.8 Å². The third-order valence-electron chi connectivity index (χ3n) is 3.11. The maximum absolute atomic E-state index is 9.34. The lowest BCUT2D eigenvalue weighted by Gasteiger charge is -2.18. The van der Waals surface area contributed by atoms with Crippen LogP contribution in [0.4, 0.5) is 5.82 Å². The van der Waals surface area contributed by atoms with Crippen LogP contribution in [0.15, 0.2) is 29.4 Å². The molecule has 1 heterocycles. The van der Waals surface area contributed by atoms with E-state index in [0.29, 0.717) is 33.1 Å². The minimum absolute atomic E-state index is 0.319. The molecule has 2 aromatic rings. The molecule has 1 aromatic carbocycles. The number of aryl methyl sites for hydroxylation is 1. The Morgan fingerprint density at radius 2 is 2.00 bits per heavy atom. The third kappa shape index (κ3) is 4.14. The third-order valence-corrected chi connectivity index (χ3v) is 4.04. The van der Waals surface area contributed by atoms with Gasteiger partial charge in [-0.25, -0.2) is 9.99 Å². The molecule has 0 aliphatic heterocycles. The summed E-state index contributed by atoms with van der Waals surface area (Å²) in [5.74, 6) is 0.427. The number of nitriles is 1. The molecule has 0 spiro atoms. The van der Waals surface area contributed by atoms with Gasteiger partial charge in [0.25, 0.3) is 0 Å². The Morgan fingerprint density at radius 3 is 2.61 bits per heavy atom. The molecular formula is C16H13Cl3N4. The van der Waals surface area contributed by atoms with Crippen molar-refractivity contribution in [1.29, 1.82) is 5.26 Å². The van der Waals surface area contributed by atoms with Gasteiger partial charge in [0.1, 0.15) is 11.2 Å². The zero-order valence-corrected chi connectivity index (χ0v) is 14.8. The van der Waals surface area contributed by atoms with Gasteiger partial charge in [-0.05, 0) is 43.2 Å². The fourth-order valence-corrected chi connectivity index (χ4v) is 2.51. The summed E-state index contributed by atoms with van der Waals surface area (Å²) in [6, 6.07) is 9.01. The number of hydrogen-bond donors (Lipinski definition) is 0. The molecule has 4 nitrogen and oxygen atoms in total. The Hall–Kier alpha value is -1.80. The summed E-state index contributed by atoms with van der Waals surface area (Å²) < 4.78 is 0. The normalized spacial score (nSPS) is 10.8. The molecule has 0 aliphatic carbocycles. The van der Waals surface area contributed by atoms with Gasteiger partial charge in [0.2, 0.25) is 0 Å². The predicted octanol–water partition coefficient (Wildman–Crippen LogP) is 5.08. The Morgan fingerprint density at radius 1 is 1.26 bits per heavy atom. The van der Waals surface area contributed by atoms with E-state index in [9.17, 15) is 5.26 Å². The van der Waals surface area contributed by atoms with E-state index in [1.54, 1.807) is 35.5 Å². The highest BCUT2D eigenvalue weighted by Crippen LogP contribution is 2.25. The van der Waals surface area contributed by atoms with Crippen LogP contribution >= 0.6 is 34.8 Å². The molecule has 0 fully saturated rings. The van der Waals surface area contributed by atoms with E-state index in [1.165, 1.54) is 0 Å². The van der Waals surface area contributed by atoms with Crippen molar-refractivity contribution in [3.05, 3.63) is 56.2 Å². The SMILES string of the molecule is CCN(/N=C\c1ccc(Cl)c(Cl)c1)c1nc(Cl)cc(C)c1C#N. The highest BCUT2D eigenvalue weighted by atomic mass is 35.5. The lowest BCUT2D eigenvalue weighted by molar-refractivity contribution is 0.869. The Balaban J connectivity index is 2.39. The lowest BCUT2D eigenvalue weighted by atomic mass is 10.1. The summed E-state index contributed by atoms with van der Waals surface area (Å²) in [4.78, 5) is 4.23. The van der Waals surface area contributed by atoms with Crippen LogP contribution in [-0.4, -0.2) is 17.7 Å². The topological polar surface area (TPSA) is 52.3 Å². The number of pyridine rings is 1. The molecule has 0 unspecified atom stereocenters. The summed E-state index contributed by atoms with van der Waals surface area (Å²) >= 11 is 17.9. The molecule has 0 saturated heterocycles. The second kappa shape index (κ2) is 7.65. The molecule has 0 aliphatic rings. The Labute approximate surface area is 149 Å². The van der Waals surface area contributed by atoms with Gasteiger partial charge in [-0.2, -0.15) is 10.4 Å². The Bertz CT molecular complexity index is 797. The minimum atomic E-state index is 0.319. The average molecular weight is 368 g/mol. The van der Waals surface area contributed by atoms with Crippen LogP contribution in [0, 0.1) is 18.3 Å². The van der Waals surface area contributed by atoms with Gasteiger partial charge in [-0.15, -0.1) is 0 Å². The molecular weight excluding hydrogens is 355 g/mol. The molecule has 0 atom stereocenters. The maximum atomic E-state index is 9.34. The first kappa shape index (κ1) is 17.6. The molecule has 1 aromatic heterocycles. The van der Waals surface area contributed by atoms with E-state index in [1.807, 2.05) is 13.8 Å². The molecule has 0 saturated carbocycles. The quantitative estimate of drug-likeness (QED) is 0.430. The summed E-state index contributed by atoms with van der Waals surface area (Å²) in [5.41, 5.74) is 1.99. The van der Waals surface area contributed by atoms with E-state index >= 15 is 0 Å². The van der Waals surface area contributed by atoms with Crippen LogP contribution in [0.1, 0.15) is 23.6 Å². The minimum Gasteiger partial charge on any atom is -0.247 e. The molecule has 0 amide bonds. The number of nitrogens with zero attached hydrogens (tertiary/aromatic N) is 4. The monoisotopic (exact) mass is 366 g/mol. The van der Waals surface area contributed by atoms with E-state index in [0.717, 1.165) is 11.1 Å². The Kier molecular flexibility index (Phi) is 5.84. The number of aromatic nitrogens is 1. The maximum Gasteiger partial charge on any atom is 0.168 e. The fourth-order valence-electron chi connectivity index (χ4n) is 1.96. The first-order valence-corrected chi connectivity index (χ1v) is 7.93. The molecule has 118 valence electrons. The molecule has 0 radical (unpaired) electrons. The predicted molar refractivity (Wildman–Crippen MR) is 95.8 cm³/mol. The van der Waals surface area contributed by atoms with E-state index < -0.39 is 0 Å². The first-order chi connectivity index (χ1) is 11.0. The van der Waals surface area contributed by atoms with Crippen LogP contribution in [-0.2, 0) is 0 Å². The lowest BCUT2D eigenvalue weighted by Crippen LogP contribution is -2.19. The standard InChI is InChI=1S/C16H13Cl3N4/c1-3-23(16-12(8-20)10(2)6-15(19)22-16)21-9-11-4-5-13(17)14(18)7-11/h4-7,9H,3H2,1-2H3/b21-9-. The summed E-state index contributed by atoms with van der Waals surface area (Å²) in [5, 5.41) is 16.6. The van der Waals surface area contributed by atoms with Crippen molar-refractivity contribution in [2.24, 2.45) is 5.10 Å². The van der Waals surface area contributed by atoms with Crippen molar-refractivity contribution < 1.29 is 0 Å². The highest BCUT2D eigenvalue weighted by molar-refractivity contribution is 6.42. The summed E-state index contributed by atoms with van der Waals surface area (Å²) in [7, 11) is 0. The second-order valence-corrected chi connectivity index (χ2v) is 5.91. The number of anilines is 1. The van der Waals surface area contributed by atoms with Crippen LogP contribution in [0.5, 0.6) is 0 Å². The van der Waals surface area contributed by atoms with Crippen LogP contribution in [0.3, 0.4) is 0 Å². The van der Waals surface area contributed by atoms with Crippen molar-refractivity contribution in [3.63, 3.8) is 0 Å². The number of hydrazone groups is 1. The molecule has 0 bridgehead atoms. The van der Waals surface area contributed by atoms with E-state index in [2.05, 4.69) is 16.2 Å². The largest absolute Gasteiger partial charge is 0.247 e. The van der Waals surface area contributed by atoms with Crippen LogP contribution < -0.4 is 5.01 Å². The van der Waals surface area contributed by atoms with Gasteiger partial charge in [0, 0.05) is 6.54 Å². The summed E-state index contributed by atoms with van der Waals surface area (Å²) in [6.45, 7) is 4.25. The molecule has 7 heteroatoms. The smallest absolute Gasteiger partial charge is 0.168 e. The number of benzene rings is 1. The van der Waals surface area contributed by atoms with Crippen LogP contribution in [0.25, 0.3) is 0 Å². The van der Waals surface area contributed by atoms with Gasteiger partial charge in [-0.1, -0.05) is 40.9 Å². The van der Waals surface area contributed by atoms with Gasteiger partial charge < -0.3 is 0 Å². The average Bonchev–Trinajstić information content (AvgIpc) is 2.51. The van der Waals surface area contributed by atoms with Gasteiger partial charge in [0.15, 0.2) is 5.82 Å². The van der Waals surface area contributed by atoms with Gasteiger partial charge in [-0.3, -0.25) is 0 Å².